The number of ether oxygens (including phenoxy) is 1. The van der Waals surface area contributed by atoms with Crippen molar-refractivity contribution in [1.82, 2.24) is 0 Å². The summed E-state index contributed by atoms with van der Waals surface area (Å²) in [5, 5.41) is 7.79. The summed E-state index contributed by atoms with van der Waals surface area (Å²) in [6, 6.07) is 24.4. The number of methoxy groups -OCH3 is 1. The molecule has 1 aliphatic rings. The van der Waals surface area contributed by atoms with Crippen LogP contribution in [0.2, 0.25) is 5.02 Å². The molecule has 1 aliphatic heterocycles. The molecule has 3 aromatic carbocycles. The molecule has 0 radical (unpaired) electrons. The first kappa shape index (κ1) is 18.1. The van der Waals surface area contributed by atoms with Crippen LogP contribution in [0.5, 0.6) is 5.75 Å². The maximum Gasteiger partial charge on any atom is 0.118 e. The average Bonchev–Trinajstić information content (AvgIpc) is 3.14. The fourth-order valence-electron chi connectivity index (χ4n) is 3.27. The molecule has 0 aromatic heterocycles. The van der Waals surface area contributed by atoms with Crippen molar-refractivity contribution in [1.29, 1.82) is 0 Å². The van der Waals surface area contributed by atoms with Crippen LogP contribution < -0.4 is 9.75 Å². The summed E-state index contributed by atoms with van der Waals surface area (Å²) in [5.74, 6) is 0.843. The molecule has 0 aliphatic carbocycles. The van der Waals surface area contributed by atoms with Crippen molar-refractivity contribution in [2.24, 2.45) is 5.10 Å². The number of hydrogen-bond donors (Lipinski definition) is 0. The summed E-state index contributed by atoms with van der Waals surface area (Å²) in [4.78, 5) is 0. The minimum absolute atomic E-state index is 0.119. The molecule has 5 heteroatoms. The molecule has 27 heavy (non-hydrogen) atoms. The average molecular weight is 442 g/mol. The molecule has 0 saturated carbocycles. The Labute approximate surface area is 172 Å². The molecule has 0 spiro atoms. The normalized spacial score (nSPS) is 16.3. The van der Waals surface area contributed by atoms with E-state index in [0.717, 1.165) is 38.6 Å². The molecule has 136 valence electrons. The molecule has 0 N–H and O–H groups in total. The van der Waals surface area contributed by atoms with E-state index >= 15 is 0 Å². The monoisotopic (exact) mass is 440 g/mol. The first-order valence-electron chi connectivity index (χ1n) is 8.66. The molecule has 0 fully saturated rings. The first-order valence-corrected chi connectivity index (χ1v) is 9.83. The molecule has 1 atom stereocenters. The van der Waals surface area contributed by atoms with Gasteiger partial charge in [0.2, 0.25) is 0 Å². The Morgan fingerprint density at radius 1 is 1.04 bits per heavy atom. The molecular weight excluding hydrogens is 424 g/mol. The summed E-state index contributed by atoms with van der Waals surface area (Å²) >= 11 is 9.65. The number of hydrogen-bond acceptors (Lipinski definition) is 3. The number of nitrogens with zero attached hydrogens (tertiary/aromatic N) is 2. The Hall–Kier alpha value is -2.30. The van der Waals surface area contributed by atoms with Crippen LogP contribution in [-0.2, 0) is 0 Å². The van der Waals surface area contributed by atoms with Gasteiger partial charge in [0.15, 0.2) is 0 Å². The molecule has 1 heterocycles. The van der Waals surface area contributed by atoms with Gasteiger partial charge in [-0.1, -0.05) is 45.7 Å². The molecule has 0 amide bonds. The second kappa shape index (κ2) is 7.75. The third-order valence-corrected chi connectivity index (χ3v) is 5.41. The molecular formula is C22H18BrClN2O. The van der Waals surface area contributed by atoms with Crippen LogP contribution >= 0.6 is 27.5 Å². The highest BCUT2D eigenvalue weighted by molar-refractivity contribution is 9.10. The Kier molecular flexibility index (Phi) is 5.19. The largest absolute Gasteiger partial charge is 0.497 e. The minimum Gasteiger partial charge on any atom is -0.497 e. The van der Waals surface area contributed by atoms with E-state index < -0.39 is 0 Å². The molecule has 0 saturated heterocycles. The lowest BCUT2D eigenvalue weighted by Crippen LogP contribution is -2.18. The fourth-order valence-corrected chi connectivity index (χ4v) is 3.78. The van der Waals surface area contributed by atoms with Crippen LogP contribution in [0.25, 0.3) is 0 Å². The zero-order chi connectivity index (χ0) is 18.8. The van der Waals surface area contributed by atoms with Crippen LogP contribution in [0.3, 0.4) is 0 Å². The second-order valence-electron chi connectivity index (χ2n) is 6.37. The molecule has 0 bridgehead atoms. The summed E-state index contributed by atoms with van der Waals surface area (Å²) in [6.45, 7) is 0. The Bertz CT molecular complexity index is 970. The standard InChI is InChI=1S/C22H18BrClN2O/c1-27-20-11-7-15(8-12-20)21-14-22(16-5-9-18(24)10-6-16)26(25-21)19-4-2-3-17(23)13-19/h2-13,22H,14H2,1H3/t22-/m0/s1. The van der Waals surface area contributed by atoms with Crippen LogP contribution in [0.1, 0.15) is 23.6 Å². The lowest BCUT2D eigenvalue weighted by atomic mass is 9.98. The molecule has 3 nitrogen and oxygen atoms in total. The van der Waals surface area contributed by atoms with Crippen molar-refractivity contribution < 1.29 is 4.74 Å². The van der Waals surface area contributed by atoms with Crippen molar-refractivity contribution in [2.45, 2.75) is 12.5 Å². The smallest absolute Gasteiger partial charge is 0.118 e. The SMILES string of the molecule is COc1ccc(C2=NN(c3cccc(Br)c3)[C@H](c3ccc(Cl)cc3)C2)cc1. The summed E-state index contributed by atoms with van der Waals surface area (Å²) < 4.78 is 6.30. The number of halogens is 2. The van der Waals surface area contributed by atoms with Gasteiger partial charge in [0.1, 0.15) is 5.75 Å². The van der Waals surface area contributed by atoms with Gasteiger partial charge < -0.3 is 4.74 Å². The lowest BCUT2D eigenvalue weighted by Gasteiger charge is -2.24. The number of anilines is 1. The van der Waals surface area contributed by atoms with Crippen molar-refractivity contribution in [3.8, 4) is 5.75 Å². The molecule has 4 rings (SSSR count). The van der Waals surface area contributed by atoms with Crippen LogP contribution in [-0.4, -0.2) is 12.8 Å². The number of hydrazone groups is 1. The van der Waals surface area contributed by atoms with E-state index in [0.29, 0.717) is 0 Å². The number of rotatable bonds is 4. The van der Waals surface area contributed by atoms with Crippen molar-refractivity contribution in [3.05, 3.63) is 93.4 Å². The number of benzene rings is 3. The molecule has 0 unspecified atom stereocenters. The zero-order valence-corrected chi connectivity index (χ0v) is 17.1. The zero-order valence-electron chi connectivity index (χ0n) is 14.8. The summed E-state index contributed by atoms with van der Waals surface area (Å²) in [7, 11) is 1.67. The first-order chi connectivity index (χ1) is 13.1. The van der Waals surface area contributed by atoms with Crippen molar-refractivity contribution in [2.75, 3.05) is 12.1 Å². The van der Waals surface area contributed by atoms with Gasteiger partial charge in [0.05, 0.1) is 24.6 Å². The second-order valence-corrected chi connectivity index (χ2v) is 7.72. The van der Waals surface area contributed by atoms with Gasteiger partial charge >= 0.3 is 0 Å². The molecule has 3 aromatic rings. The van der Waals surface area contributed by atoms with E-state index in [1.807, 2.05) is 36.4 Å². The van der Waals surface area contributed by atoms with Crippen molar-refractivity contribution in [3.63, 3.8) is 0 Å². The van der Waals surface area contributed by atoms with Gasteiger partial charge in [-0.25, -0.2) is 0 Å². The quantitative estimate of drug-likeness (QED) is 0.464. The Morgan fingerprint density at radius 3 is 2.44 bits per heavy atom. The minimum atomic E-state index is 0.119. The van der Waals surface area contributed by atoms with Crippen molar-refractivity contribution >= 4 is 38.9 Å². The van der Waals surface area contributed by atoms with Gasteiger partial charge in [0.25, 0.3) is 0 Å². The predicted molar refractivity (Wildman–Crippen MR) is 115 cm³/mol. The van der Waals surface area contributed by atoms with E-state index in [4.69, 9.17) is 21.4 Å². The van der Waals surface area contributed by atoms with Gasteiger partial charge in [-0.05, 0) is 65.7 Å². The third kappa shape index (κ3) is 3.87. The van der Waals surface area contributed by atoms with Crippen LogP contribution in [0.15, 0.2) is 82.4 Å². The Morgan fingerprint density at radius 2 is 1.78 bits per heavy atom. The van der Waals surface area contributed by atoms with Crippen LogP contribution in [0, 0.1) is 0 Å². The van der Waals surface area contributed by atoms with E-state index in [-0.39, 0.29) is 6.04 Å². The lowest BCUT2D eigenvalue weighted by molar-refractivity contribution is 0.415. The van der Waals surface area contributed by atoms with E-state index in [1.54, 1.807) is 7.11 Å². The topological polar surface area (TPSA) is 24.8 Å². The maximum absolute atomic E-state index is 6.09. The highest BCUT2D eigenvalue weighted by Crippen LogP contribution is 2.38. The van der Waals surface area contributed by atoms with E-state index in [9.17, 15) is 0 Å². The summed E-state index contributed by atoms with van der Waals surface area (Å²) in [6.07, 6.45) is 0.820. The van der Waals surface area contributed by atoms with Gasteiger partial charge in [-0.15, -0.1) is 0 Å². The third-order valence-electron chi connectivity index (χ3n) is 4.66. The predicted octanol–water partition coefficient (Wildman–Crippen LogP) is 6.47. The van der Waals surface area contributed by atoms with Gasteiger partial charge in [-0.2, -0.15) is 5.10 Å². The maximum atomic E-state index is 6.09. The van der Waals surface area contributed by atoms with E-state index in [1.165, 1.54) is 5.56 Å². The van der Waals surface area contributed by atoms with Crippen LogP contribution in [0.4, 0.5) is 5.69 Å². The highest BCUT2D eigenvalue weighted by atomic mass is 79.9. The fraction of sp³-hybridized carbons (Fsp3) is 0.136. The highest BCUT2D eigenvalue weighted by Gasteiger charge is 2.30. The van der Waals surface area contributed by atoms with Gasteiger partial charge in [0, 0.05) is 15.9 Å². The summed E-state index contributed by atoms with van der Waals surface area (Å²) in [5.41, 5.74) is 4.39. The Balaban J connectivity index is 1.73. The van der Waals surface area contributed by atoms with Gasteiger partial charge in [-0.3, -0.25) is 5.01 Å². The van der Waals surface area contributed by atoms with E-state index in [2.05, 4.69) is 57.3 Å².